The first-order chi connectivity index (χ1) is 12.1. The van der Waals surface area contributed by atoms with Gasteiger partial charge in [0, 0.05) is 31.0 Å². The third kappa shape index (κ3) is 2.95. The van der Waals surface area contributed by atoms with Crippen LogP contribution in [0.5, 0.6) is 0 Å². The van der Waals surface area contributed by atoms with Crippen molar-refractivity contribution in [3.63, 3.8) is 0 Å². The van der Waals surface area contributed by atoms with Gasteiger partial charge in [0.2, 0.25) is 5.95 Å². The average Bonchev–Trinajstić information content (AvgIpc) is 3.26. The standard InChI is InChI=1S/C19H21N5O/c1-13-17(14(2)21-19(20-13)23-8-5-6-9-23)22-18(25)15-11-16-7-3-4-10-24(16)12-15/h3-4,7,10-12H,5-6,8-9H2,1-2H3,(H,22,25). The third-order valence-electron chi connectivity index (χ3n) is 4.65. The second-order valence-electron chi connectivity index (χ2n) is 6.48. The minimum absolute atomic E-state index is 0.146. The van der Waals surface area contributed by atoms with Crippen LogP contribution in [-0.4, -0.2) is 33.4 Å². The molecule has 1 aliphatic rings. The molecule has 0 spiro atoms. The molecule has 0 bridgehead atoms. The van der Waals surface area contributed by atoms with Crippen molar-refractivity contribution < 1.29 is 4.79 Å². The number of pyridine rings is 1. The number of rotatable bonds is 3. The summed E-state index contributed by atoms with van der Waals surface area (Å²) in [6.45, 7) is 5.84. The molecule has 1 N–H and O–H groups in total. The number of aryl methyl sites for hydroxylation is 2. The van der Waals surface area contributed by atoms with E-state index in [4.69, 9.17) is 0 Å². The zero-order valence-corrected chi connectivity index (χ0v) is 14.5. The average molecular weight is 335 g/mol. The van der Waals surface area contributed by atoms with E-state index < -0.39 is 0 Å². The molecule has 4 rings (SSSR count). The SMILES string of the molecule is Cc1nc(N2CCCC2)nc(C)c1NC(=O)c1cc2ccccn2c1. The quantitative estimate of drug-likeness (QED) is 0.798. The zero-order chi connectivity index (χ0) is 17.4. The molecule has 1 amide bonds. The van der Waals surface area contributed by atoms with E-state index in [1.54, 1.807) is 0 Å². The minimum atomic E-state index is -0.146. The van der Waals surface area contributed by atoms with Gasteiger partial charge >= 0.3 is 0 Å². The summed E-state index contributed by atoms with van der Waals surface area (Å²) in [6, 6.07) is 7.74. The maximum Gasteiger partial charge on any atom is 0.257 e. The largest absolute Gasteiger partial charge is 0.341 e. The van der Waals surface area contributed by atoms with Crippen molar-refractivity contribution in [3.8, 4) is 0 Å². The molecule has 3 aromatic rings. The number of carbonyl (C=O) groups is 1. The van der Waals surface area contributed by atoms with Gasteiger partial charge in [-0.1, -0.05) is 6.07 Å². The second kappa shape index (κ2) is 6.20. The molecule has 6 nitrogen and oxygen atoms in total. The number of hydrogen-bond donors (Lipinski definition) is 1. The van der Waals surface area contributed by atoms with E-state index >= 15 is 0 Å². The molecule has 128 valence electrons. The number of aromatic nitrogens is 3. The van der Waals surface area contributed by atoms with Crippen LogP contribution in [0.2, 0.25) is 0 Å². The molecule has 6 heteroatoms. The van der Waals surface area contributed by atoms with Gasteiger partial charge in [0.15, 0.2) is 0 Å². The molecule has 1 saturated heterocycles. The Morgan fingerprint density at radius 1 is 1.12 bits per heavy atom. The molecule has 0 atom stereocenters. The van der Waals surface area contributed by atoms with E-state index in [-0.39, 0.29) is 5.91 Å². The summed E-state index contributed by atoms with van der Waals surface area (Å²) in [5.74, 6) is 0.618. The second-order valence-corrected chi connectivity index (χ2v) is 6.48. The van der Waals surface area contributed by atoms with E-state index in [9.17, 15) is 4.79 Å². The minimum Gasteiger partial charge on any atom is -0.341 e. The van der Waals surface area contributed by atoms with Crippen LogP contribution >= 0.6 is 0 Å². The number of hydrogen-bond acceptors (Lipinski definition) is 4. The summed E-state index contributed by atoms with van der Waals surface area (Å²) >= 11 is 0. The zero-order valence-electron chi connectivity index (χ0n) is 14.5. The van der Waals surface area contributed by atoms with Gasteiger partial charge in [-0.25, -0.2) is 9.97 Å². The Labute approximate surface area is 146 Å². The maximum atomic E-state index is 12.6. The lowest BCUT2D eigenvalue weighted by atomic mass is 10.2. The van der Waals surface area contributed by atoms with Crippen molar-refractivity contribution in [1.29, 1.82) is 0 Å². The number of nitrogens with zero attached hydrogens (tertiary/aromatic N) is 4. The summed E-state index contributed by atoms with van der Waals surface area (Å²) in [6.07, 6.45) is 6.12. The Bertz CT molecular complexity index is 884. The lowest BCUT2D eigenvalue weighted by molar-refractivity contribution is 0.102. The van der Waals surface area contributed by atoms with Gasteiger partial charge in [-0.05, 0) is 44.9 Å². The summed E-state index contributed by atoms with van der Waals surface area (Å²) < 4.78 is 1.93. The van der Waals surface area contributed by atoms with E-state index in [0.717, 1.165) is 35.9 Å². The lowest BCUT2D eigenvalue weighted by Crippen LogP contribution is -2.22. The molecule has 0 aromatic carbocycles. The van der Waals surface area contributed by atoms with Crippen molar-refractivity contribution in [1.82, 2.24) is 14.4 Å². The van der Waals surface area contributed by atoms with Crippen LogP contribution in [0.3, 0.4) is 0 Å². The molecule has 0 radical (unpaired) electrons. The predicted molar refractivity (Wildman–Crippen MR) is 98.3 cm³/mol. The first-order valence-corrected chi connectivity index (χ1v) is 8.60. The van der Waals surface area contributed by atoms with Gasteiger partial charge in [-0.2, -0.15) is 0 Å². The Balaban J connectivity index is 1.60. The van der Waals surface area contributed by atoms with E-state index in [1.165, 1.54) is 12.8 Å². The van der Waals surface area contributed by atoms with Crippen LogP contribution < -0.4 is 10.2 Å². The molecule has 1 fully saturated rings. The fourth-order valence-corrected chi connectivity index (χ4v) is 3.30. The molecule has 25 heavy (non-hydrogen) atoms. The highest BCUT2D eigenvalue weighted by molar-refractivity contribution is 6.05. The summed E-state index contributed by atoms with van der Waals surface area (Å²) in [7, 11) is 0. The molecular formula is C19H21N5O. The fourth-order valence-electron chi connectivity index (χ4n) is 3.30. The van der Waals surface area contributed by atoms with Crippen LogP contribution in [0, 0.1) is 13.8 Å². The van der Waals surface area contributed by atoms with Crippen LogP contribution in [-0.2, 0) is 0 Å². The highest BCUT2D eigenvalue weighted by atomic mass is 16.1. The van der Waals surface area contributed by atoms with Crippen molar-refractivity contribution >= 4 is 23.1 Å². The number of anilines is 2. The molecule has 1 aliphatic heterocycles. The predicted octanol–water partition coefficient (Wildman–Crippen LogP) is 3.20. The number of carbonyl (C=O) groups excluding carboxylic acids is 1. The summed E-state index contributed by atoms with van der Waals surface area (Å²) in [5.41, 5.74) is 3.90. The van der Waals surface area contributed by atoms with Crippen LogP contribution in [0.15, 0.2) is 36.7 Å². The van der Waals surface area contributed by atoms with E-state index in [2.05, 4.69) is 20.2 Å². The number of nitrogens with one attached hydrogen (secondary N) is 1. The first-order valence-electron chi connectivity index (χ1n) is 8.60. The Morgan fingerprint density at radius 3 is 2.52 bits per heavy atom. The van der Waals surface area contributed by atoms with Gasteiger partial charge in [0.05, 0.1) is 22.6 Å². The summed E-state index contributed by atoms with van der Waals surface area (Å²) in [4.78, 5) is 24.0. The van der Waals surface area contributed by atoms with Gasteiger partial charge < -0.3 is 14.6 Å². The number of amides is 1. The molecule has 4 heterocycles. The fraction of sp³-hybridized carbons (Fsp3) is 0.316. The van der Waals surface area contributed by atoms with Crippen molar-refractivity contribution in [2.24, 2.45) is 0 Å². The van der Waals surface area contributed by atoms with Gasteiger partial charge in [0.1, 0.15) is 0 Å². The number of fused-ring (bicyclic) bond motifs is 1. The van der Waals surface area contributed by atoms with Gasteiger partial charge in [-0.3, -0.25) is 4.79 Å². The van der Waals surface area contributed by atoms with Gasteiger partial charge in [0.25, 0.3) is 5.91 Å². The van der Waals surface area contributed by atoms with E-state index in [1.807, 2.05) is 54.9 Å². The Hall–Kier alpha value is -2.89. The monoisotopic (exact) mass is 335 g/mol. The third-order valence-corrected chi connectivity index (χ3v) is 4.65. The smallest absolute Gasteiger partial charge is 0.257 e. The molecular weight excluding hydrogens is 314 g/mol. The molecule has 3 aromatic heterocycles. The lowest BCUT2D eigenvalue weighted by Gasteiger charge is -2.18. The topological polar surface area (TPSA) is 62.5 Å². The molecule has 0 saturated carbocycles. The first kappa shape index (κ1) is 15.6. The van der Waals surface area contributed by atoms with Crippen LogP contribution in [0.4, 0.5) is 11.6 Å². The highest BCUT2D eigenvalue weighted by Gasteiger charge is 2.19. The molecule has 0 aliphatic carbocycles. The Morgan fingerprint density at radius 2 is 1.84 bits per heavy atom. The normalized spacial score (nSPS) is 14.2. The Kier molecular flexibility index (Phi) is 3.87. The van der Waals surface area contributed by atoms with Crippen LogP contribution in [0.25, 0.3) is 5.52 Å². The highest BCUT2D eigenvalue weighted by Crippen LogP contribution is 2.23. The maximum absolute atomic E-state index is 12.6. The van der Waals surface area contributed by atoms with Crippen molar-refractivity contribution in [2.45, 2.75) is 26.7 Å². The molecule has 0 unspecified atom stereocenters. The van der Waals surface area contributed by atoms with Gasteiger partial charge in [-0.15, -0.1) is 0 Å². The summed E-state index contributed by atoms with van der Waals surface area (Å²) in [5, 5.41) is 2.98. The van der Waals surface area contributed by atoms with Crippen molar-refractivity contribution in [3.05, 3.63) is 53.6 Å². The van der Waals surface area contributed by atoms with Crippen LogP contribution in [0.1, 0.15) is 34.6 Å². The van der Waals surface area contributed by atoms with E-state index in [0.29, 0.717) is 11.3 Å². The van der Waals surface area contributed by atoms with Crippen molar-refractivity contribution in [2.75, 3.05) is 23.3 Å².